The fraction of sp³-hybridized carbons (Fsp3) is 0.857. The second-order valence-corrected chi connectivity index (χ2v) is 2.30. The molecule has 0 atom stereocenters. The number of rotatable bonds is 7. The minimum absolute atomic E-state index is 0.196. The number of nitrogens with zero attached hydrogens (tertiary/aromatic N) is 1. The van der Waals surface area contributed by atoms with E-state index in [1.807, 2.05) is 0 Å². The third kappa shape index (κ3) is 7.30. The number of nitrogens with two attached hydrogens (primary N) is 1. The van der Waals surface area contributed by atoms with E-state index in [1.54, 1.807) is 7.11 Å². The Balaban J connectivity index is 3.00. The van der Waals surface area contributed by atoms with Gasteiger partial charge in [-0.25, -0.2) is 0 Å². The highest BCUT2D eigenvalue weighted by Gasteiger charge is 1.93. The topological polar surface area (TPSA) is 77.1 Å². The van der Waals surface area contributed by atoms with Crippen molar-refractivity contribution in [3.63, 3.8) is 0 Å². The molecule has 0 aromatic heterocycles. The van der Waals surface area contributed by atoms with E-state index in [0.717, 1.165) is 6.42 Å². The van der Waals surface area contributed by atoms with Crippen LogP contribution >= 0.6 is 0 Å². The van der Waals surface area contributed by atoms with Crippen LogP contribution in [0.2, 0.25) is 0 Å². The van der Waals surface area contributed by atoms with Crippen molar-refractivity contribution in [1.82, 2.24) is 0 Å². The number of ether oxygens (including phenoxy) is 2. The summed E-state index contributed by atoms with van der Waals surface area (Å²) in [4.78, 5) is 0. The highest BCUT2D eigenvalue weighted by Crippen LogP contribution is 1.86. The molecule has 5 heteroatoms. The molecule has 12 heavy (non-hydrogen) atoms. The molecule has 0 aliphatic rings. The van der Waals surface area contributed by atoms with Gasteiger partial charge in [0.15, 0.2) is 0 Å². The largest absolute Gasteiger partial charge is 0.409 e. The van der Waals surface area contributed by atoms with Gasteiger partial charge < -0.3 is 20.4 Å². The summed E-state index contributed by atoms with van der Waals surface area (Å²) in [6, 6.07) is 0. The molecule has 0 aliphatic heterocycles. The van der Waals surface area contributed by atoms with Gasteiger partial charge in [0.1, 0.15) is 5.84 Å². The summed E-state index contributed by atoms with van der Waals surface area (Å²) < 4.78 is 9.98. The lowest BCUT2D eigenvalue weighted by molar-refractivity contribution is 0.107. The van der Waals surface area contributed by atoms with Gasteiger partial charge in [-0.05, 0) is 6.42 Å². The van der Waals surface area contributed by atoms with Gasteiger partial charge in [0.05, 0.1) is 6.61 Å². The van der Waals surface area contributed by atoms with Gasteiger partial charge in [0, 0.05) is 26.7 Å². The van der Waals surface area contributed by atoms with Crippen molar-refractivity contribution >= 4 is 5.84 Å². The molecule has 0 unspecified atom stereocenters. The van der Waals surface area contributed by atoms with Gasteiger partial charge in [-0.3, -0.25) is 0 Å². The zero-order valence-corrected chi connectivity index (χ0v) is 7.32. The number of methoxy groups -OCH3 is 1. The summed E-state index contributed by atoms with van der Waals surface area (Å²) in [6.45, 7) is 1.83. The van der Waals surface area contributed by atoms with E-state index in [4.69, 9.17) is 20.4 Å². The Labute approximate surface area is 72.1 Å². The van der Waals surface area contributed by atoms with E-state index in [2.05, 4.69) is 5.16 Å². The normalized spacial score (nSPS) is 11.9. The molecule has 0 radical (unpaired) electrons. The van der Waals surface area contributed by atoms with Crippen molar-refractivity contribution in [2.24, 2.45) is 10.9 Å². The predicted molar refractivity (Wildman–Crippen MR) is 45.3 cm³/mol. The average Bonchev–Trinajstić information content (AvgIpc) is 2.10. The molecule has 0 saturated heterocycles. The van der Waals surface area contributed by atoms with Crippen LogP contribution in [0.15, 0.2) is 5.16 Å². The van der Waals surface area contributed by atoms with Gasteiger partial charge in [0.25, 0.3) is 0 Å². The van der Waals surface area contributed by atoms with Crippen LogP contribution in [0.1, 0.15) is 12.8 Å². The van der Waals surface area contributed by atoms with Crippen molar-refractivity contribution in [2.45, 2.75) is 12.8 Å². The van der Waals surface area contributed by atoms with Crippen LogP contribution in [0.25, 0.3) is 0 Å². The van der Waals surface area contributed by atoms with E-state index < -0.39 is 0 Å². The molecule has 0 aliphatic carbocycles. The van der Waals surface area contributed by atoms with Gasteiger partial charge in [0.2, 0.25) is 0 Å². The Morgan fingerprint density at radius 2 is 2.17 bits per heavy atom. The maximum absolute atomic E-state index is 8.16. The summed E-state index contributed by atoms with van der Waals surface area (Å²) in [5.74, 6) is 0.196. The van der Waals surface area contributed by atoms with Crippen LogP contribution in [0, 0.1) is 0 Å². The standard InChI is InChI=1S/C7H16N2O3/c1-11-4-2-5-12-6-3-7(8)9-10/h10H,2-6H2,1H3,(H2,8,9). The summed E-state index contributed by atoms with van der Waals surface area (Å²) in [7, 11) is 1.65. The van der Waals surface area contributed by atoms with Crippen LogP contribution < -0.4 is 5.73 Å². The maximum atomic E-state index is 8.16. The van der Waals surface area contributed by atoms with Gasteiger partial charge in [-0.1, -0.05) is 5.16 Å². The Morgan fingerprint density at radius 3 is 2.75 bits per heavy atom. The van der Waals surface area contributed by atoms with Crippen LogP contribution in [-0.4, -0.2) is 38.0 Å². The maximum Gasteiger partial charge on any atom is 0.141 e. The minimum Gasteiger partial charge on any atom is -0.409 e. The van der Waals surface area contributed by atoms with E-state index in [1.165, 1.54) is 0 Å². The lowest BCUT2D eigenvalue weighted by Crippen LogP contribution is -2.14. The quantitative estimate of drug-likeness (QED) is 0.191. The van der Waals surface area contributed by atoms with Crippen molar-refractivity contribution < 1.29 is 14.7 Å². The second-order valence-electron chi connectivity index (χ2n) is 2.30. The lowest BCUT2D eigenvalue weighted by atomic mass is 10.4. The van der Waals surface area contributed by atoms with Crippen molar-refractivity contribution in [3.8, 4) is 0 Å². The molecule has 0 fully saturated rings. The van der Waals surface area contributed by atoms with E-state index in [-0.39, 0.29) is 5.84 Å². The number of hydrogen-bond donors (Lipinski definition) is 2. The van der Waals surface area contributed by atoms with Crippen LogP contribution in [0.3, 0.4) is 0 Å². The van der Waals surface area contributed by atoms with Crippen molar-refractivity contribution in [1.29, 1.82) is 0 Å². The van der Waals surface area contributed by atoms with Crippen LogP contribution in [0.5, 0.6) is 0 Å². The summed E-state index contributed by atoms with van der Waals surface area (Å²) in [5, 5.41) is 11.0. The average molecular weight is 176 g/mol. The second kappa shape index (κ2) is 8.29. The lowest BCUT2D eigenvalue weighted by Gasteiger charge is -2.02. The minimum atomic E-state index is 0.196. The molecular weight excluding hydrogens is 160 g/mol. The molecule has 0 spiro atoms. The first-order chi connectivity index (χ1) is 5.81. The molecule has 72 valence electrons. The molecule has 0 heterocycles. The molecule has 0 bridgehead atoms. The Kier molecular flexibility index (Phi) is 7.73. The predicted octanol–water partition coefficient (Wildman–Crippen LogP) is 0.176. The fourth-order valence-electron chi connectivity index (χ4n) is 0.634. The van der Waals surface area contributed by atoms with Gasteiger partial charge in [-0.15, -0.1) is 0 Å². The van der Waals surface area contributed by atoms with E-state index in [9.17, 15) is 0 Å². The first-order valence-electron chi connectivity index (χ1n) is 3.84. The molecule has 0 aromatic carbocycles. The summed E-state index contributed by atoms with van der Waals surface area (Å²) in [5.41, 5.74) is 5.21. The zero-order chi connectivity index (χ0) is 9.23. The molecular formula is C7H16N2O3. The smallest absolute Gasteiger partial charge is 0.141 e. The highest BCUT2D eigenvalue weighted by atomic mass is 16.5. The third-order valence-electron chi connectivity index (χ3n) is 1.27. The number of hydrogen-bond acceptors (Lipinski definition) is 4. The van der Waals surface area contributed by atoms with Crippen LogP contribution in [-0.2, 0) is 9.47 Å². The number of amidine groups is 1. The monoisotopic (exact) mass is 176 g/mol. The molecule has 0 amide bonds. The first-order valence-corrected chi connectivity index (χ1v) is 3.84. The SMILES string of the molecule is COCCCOCC/C(N)=N/O. The van der Waals surface area contributed by atoms with Crippen molar-refractivity contribution in [3.05, 3.63) is 0 Å². The summed E-state index contributed by atoms with van der Waals surface area (Å²) in [6.07, 6.45) is 1.33. The van der Waals surface area contributed by atoms with Crippen LogP contribution in [0.4, 0.5) is 0 Å². The molecule has 0 saturated carbocycles. The van der Waals surface area contributed by atoms with E-state index in [0.29, 0.717) is 26.2 Å². The fourth-order valence-corrected chi connectivity index (χ4v) is 0.634. The first kappa shape index (κ1) is 11.2. The third-order valence-corrected chi connectivity index (χ3v) is 1.27. The number of oxime groups is 1. The highest BCUT2D eigenvalue weighted by molar-refractivity contribution is 5.79. The molecule has 0 rings (SSSR count). The Bertz CT molecular complexity index is 128. The molecule has 5 nitrogen and oxygen atoms in total. The van der Waals surface area contributed by atoms with Gasteiger partial charge >= 0.3 is 0 Å². The Morgan fingerprint density at radius 1 is 1.42 bits per heavy atom. The zero-order valence-electron chi connectivity index (χ0n) is 7.32. The Hall–Kier alpha value is -0.810. The van der Waals surface area contributed by atoms with E-state index >= 15 is 0 Å². The van der Waals surface area contributed by atoms with Crippen molar-refractivity contribution in [2.75, 3.05) is 26.9 Å². The molecule has 0 aromatic rings. The molecule has 3 N–H and O–H groups in total. The van der Waals surface area contributed by atoms with Gasteiger partial charge in [-0.2, -0.15) is 0 Å². The summed E-state index contributed by atoms with van der Waals surface area (Å²) >= 11 is 0.